The fraction of sp³-hybridized carbons (Fsp3) is 0.667. The lowest BCUT2D eigenvalue weighted by atomic mass is 10.0. The van der Waals surface area contributed by atoms with Gasteiger partial charge in [-0.25, -0.2) is 4.98 Å². The third-order valence-electron chi connectivity index (χ3n) is 2.78. The lowest BCUT2D eigenvalue weighted by Crippen LogP contribution is -2.37. The molecule has 0 aliphatic carbocycles. The maximum atomic E-state index is 5.38. The normalized spacial score (nSPS) is 19.9. The molecule has 0 atom stereocenters. The molecule has 2 N–H and O–H groups in total. The maximum absolute atomic E-state index is 5.38. The van der Waals surface area contributed by atoms with E-state index in [-0.39, 0.29) is 5.54 Å². The van der Waals surface area contributed by atoms with E-state index in [1.165, 1.54) is 5.69 Å². The molecule has 1 aliphatic heterocycles. The van der Waals surface area contributed by atoms with E-state index in [4.69, 9.17) is 7.98 Å². The van der Waals surface area contributed by atoms with Gasteiger partial charge in [-0.05, 0) is 20.3 Å². The molecular formula is C9H15BN4. The van der Waals surface area contributed by atoms with E-state index in [0.29, 0.717) is 0 Å². The van der Waals surface area contributed by atoms with Crippen LogP contribution in [0.5, 0.6) is 0 Å². The van der Waals surface area contributed by atoms with Gasteiger partial charge in [0, 0.05) is 18.6 Å². The van der Waals surface area contributed by atoms with Crippen LogP contribution in [-0.4, -0.2) is 23.1 Å². The first-order valence-electron chi connectivity index (χ1n) is 4.88. The lowest BCUT2D eigenvalue weighted by Gasteiger charge is -2.23. The van der Waals surface area contributed by atoms with Crippen molar-refractivity contribution >= 4 is 13.9 Å². The van der Waals surface area contributed by atoms with Crippen molar-refractivity contribution in [3.63, 3.8) is 0 Å². The van der Waals surface area contributed by atoms with Crippen molar-refractivity contribution in [3.05, 3.63) is 11.9 Å². The Kier molecular flexibility index (Phi) is 2.27. The second kappa shape index (κ2) is 3.31. The quantitative estimate of drug-likeness (QED) is 0.639. The molecule has 0 amide bonds. The van der Waals surface area contributed by atoms with Crippen LogP contribution in [0.1, 0.15) is 26.0 Å². The molecule has 14 heavy (non-hydrogen) atoms. The van der Waals surface area contributed by atoms with Gasteiger partial charge in [0.2, 0.25) is 7.98 Å². The summed E-state index contributed by atoms with van der Waals surface area (Å²) in [6.45, 7) is 6.22. The molecule has 4 nitrogen and oxygen atoms in total. The van der Waals surface area contributed by atoms with Crippen LogP contribution < -0.4 is 10.5 Å². The third kappa shape index (κ3) is 1.64. The lowest BCUT2D eigenvalue weighted by molar-refractivity contribution is 0.364. The molecule has 1 aromatic rings. The summed E-state index contributed by atoms with van der Waals surface area (Å²) in [5.74, 6) is 0.750. The molecule has 0 bridgehead atoms. The van der Waals surface area contributed by atoms with Gasteiger partial charge in [0.1, 0.15) is 0 Å². The second-order valence-corrected chi connectivity index (χ2v) is 4.36. The van der Waals surface area contributed by atoms with Crippen LogP contribution in [0.3, 0.4) is 0 Å². The van der Waals surface area contributed by atoms with E-state index < -0.39 is 0 Å². The van der Waals surface area contributed by atoms with Crippen LogP contribution in [0.2, 0.25) is 0 Å². The van der Waals surface area contributed by atoms with Crippen LogP contribution >= 0.6 is 0 Å². The Morgan fingerprint density at radius 2 is 2.43 bits per heavy atom. The minimum absolute atomic E-state index is 0.185. The summed E-state index contributed by atoms with van der Waals surface area (Å²) in [6, 6.07) is 0. The summed E-state index contributed by atoms with van der Waals surface area (Å²) in [4.78, 5) is 4.19. The highest BCUT2D eigenvalue weighted by Crippen LogP contribution is 2.20. The summed E-state index contributed by atoms with van der Waals surface area (Å²) >= 11 is 0. The third-order valence-corrected chi connectivity index (χ3v) is 2.78. The summed E-state index contributed by atoms with van der Waals surface area (Å²) < 4.78 is 2.13. The molecule has 2 radical (unpaired) electrons. The molecule has 1 aliphatic rings. The molecule has 5 heteroatoms. The standard InChI is InChI=1S/C9H15BN4/c1-9(2)3-4-14-7(6-12-9)5-11-8(14)13-10/h5,12H,3-4,6H2,1-2H3,(H,11,13). The molecule has 0 fully saturated rings. The molecule has 0 saturated heterocycles. The van der Waals surface area contributed by atoms with Gasteiger partial charge in [0.15, 0.2) is 5.95 Å². The molecule has 1 aromatic heterocycles. The Bertz CT molecular complexity index is 332. The smallest absolute Gasteiger partial charge is 0.226 e. The van der Waals surface area contributed by atoms with Gasteiger partial charge in [0.25, 0.3) is 0 Å². The van der Waals surface area contributed by atoms with E-state index in [1.54, 1.807) is 0 Å². The number of aromatic nitrogens is 2. The van der Waals surface area contributed by atoms with Crippen molar-refractivity contribution in [2.75, 3.05) is 5.23 Å². The van der Waals surface area contributed by atoms with Crippen molar-refractivity contribution in [2.45, 2.75) is 38.9 Å². The first-order chi connectivity index (χ1) is 6.62. The average molecular weight is 190 g/mol. The number of hydrogen-bond acceptors (Lipinski definition) is 3. The minimum atomic E-state index is 0.185. The van der Waals surface area contributed by atoms with Crippen LogP contribution in [0, 0.1) is 0 Å². The topological polar surface area (TPSA) is 41.9 Å². The van der Waals surface area contributed by atoms with Gasteiger partial charge < -0.3 is 15.1 Å². The molecular weight excluding hydrogens is 175 g/mol. The van der Waals surface area contributed by atoms with Crippen LogP contribution in [-0.2, 0) is 13.1 Å². The summed E-state index contributed by atoms with van der Waals surface area (Å²) in [7, 11) is 5.38. The maximum Gasteiger partial charge on any atom is 0.226 e. The number of rotatable bonds is 1. The Morgan fingerprint density at radius 1 is 1.64 bits per heavy atom. The van der Waals surface area contributed by atoms with Gasteiger partial charge >= 0.3 is 0 Å². The Hall–Kier alpha value is -0.965. The van der Waals surface area contributed by atoms with Crippen molar-refractivity contribution < 1.29 is 0 Å². The zero-order valence-electron chi connectivity index (χ0n) is 8.67. The second-order valence-electron chi connectivity index (χ2n) is 4.36. The highest BCUT2D eigenvalue weighted by molar-refractivity contribution is 6.15. The van der Waals surface area contributed by atoms with Gasteiger partial charge in [-0.15, -0.1) is 0 Å². The van der Waals surface area contributed by atoms with Gasteiger partial charge in [-0.3, -0.25) is 0 Å². The predicted octanol–water partition coefficient (Wildman–Crippen LogP) is 0.650. The fourth-order valence-electron chi connectivity index (χ4n) is 1.73. The van der Waals surface area contributed by atoms with Gasteiger partial charge in [-0.1, -0.05) is 0 Å². The fourth-order valence-corrected chi connectivity index (χ4v) is 1.73. The molecule has 0 unspecified atom stereocenters. The van der Waals surface area contributed by atoms with Crippen LogP contribution in [0.25, 0.3) is 0 Å². The minimum Gasteiger partial charge on any atom is -0.409 e. The van der Waals surface area contributed by atoms with Crippen LogP contribution in [0.15, 0.2) is 6.20 Å². The largest absolute Gasteiger partial charge is 0.409 e. The Morgan fingerprint density at radius 3 is 3.14 bits per heavy atom. The van der Waals surface area contributed by atoms with E-state index in [2.05, 4.69) is 33.9 Å². The monoisotopic (exact) mass is 190 g/mol. The SMILES string of the molecule is [B]Nc1ncc2n1CCC(C)(C)NC2. The number of anilines is 1. The molecule has 0 spiro atoms. The number of fused-ring (bicyclic) bond motifs is 1. The zero-order chi connectivity index (χ0) is 10.2. The molecule has 0 aromatic carbocycles. The Balaban J connectivity index is 2.26. The molecule has 2 rings (SSSR count). The van der Waals surface area contributed by atoms with E-state index in [1.807, 2.05) is 6.20 Å². The van der Waals surface area contributed by atoms with Crippen molar-refractivity contribution in [1.82, 2.24) is 14.9 Å². The number of nitrogens with zero attached hydrogens (tertiary/aromatic N) is 2. The summed E-state index contributed by atoms with van der Waals surface area (Å²) in [5.41, 5.74) is 1.37. The van der Waals surface area contributed by atoms with Crippen molar-refractivity contribution in [2.24, 2.45) is 0 Å². The summed E-state index contributed by atoms with van der Waals surface area (Å²) in [6.07, 6.45) is 2.94. The van der Waals surface area contributed by atoms with Gasteiger partial charge in [0.05, 0.1) is 11.9 Å². The molecule has 74 valence electrons. The predicted molar refractivity (Wildman–Crippen MR) is 57.1 cm³/mol. The first kappa shape index (κ1) is 9.58. The van der Waals surface area contributed by atoms with Crippen molar-refractivity contribution in [1.29, 1.82) is 0 Å². The van der Waals surface area contributed by atoms with E-state index >= 15 is 0 Å². The van der Waals surface area contributed by atoms with E-state index in [0.717, 1.165) is 25.5 Å². The highest BCUT2D eigenvalue weighted by Gasteiger charge is 2.22. The van der Waals surface area contributed by atoms with Crippen molar-refractivity contribution in [3.8, 4) is 0 Å². The average Bonchev–Trinajstić information content (AvgIpc) is 2.47. The van der Waals surface area contributed by atoms with Gasteiger partial charge in [-0.2, -0.15) is 0 Å². The number of hydrogen-bond donors (Lipinski definition) is 2. The highest BCUT2D eigenvalue weighted by atomic mass is 15.2. The number of nitrogens with one attached hydrogen (secondary N) is 2. The first-order valence-corrected chi connectivity index (χ1v) is 4.88. The zero-order valence-corrected chi connectivity index (χ0v) is 8.67. The molecule has 2 heterocycles. The molecule has 0 saturated carbocycles. The summed E-state index contributed by atoms with van der Waals surface area (Å²) in [5, 5.41) is 6.10. The van der Waals surface area contributed by atoms with E-state index in [9.17, 15) is 0 Å². The Labute approximate surface area is 85.5 Å². The number of imidazole rings is 1. The van der Waals surface area contributed by atoms with Crippen LogP contribution in [0.4, 0.5) is 5.95 Å².